The van der Waals surface area contributed by atoms with Crippen LogP contribution in [0.25, 0.3) is 5.69 Å². The van der Waals surface area contributed by atoms with Crippen molar-refractivity contribution in [3.05, 3.63) is 61.5 Å². The van der Waals surface area contributed by atoms with Gasteiger partial charge in [-0.25, -0.2) is 9.67 Å². The highest BCUT2D eigenvalue weighted by Gasteiger charge is 2.22. The summed E-state index contributed by atoms with van der Waals surface area (Å²) in [5.41, 5.74) is 0.792. The number of hydrogen-bond acceptors (Lipinski definition) is 5. The Kier molecular flexibility index (Phi) is 5.31. The second kappa shape index (κ2) is 7.73. The summed E-state index contributed by atoms with van der Waals surface area (Å²) in [7, 11) is 0. The number of anilines is 1. The van der Waals surface area contributed by atoms with Crippen molar-refractivity contribution in [1.82, 2.24) is 24.5 Å². The summed E-state index contributed by atoms with van der Waals surface area (Å²) in [5.74, 6) is 1.90. The molecule has 2 aromatic heterocycles. The molecule has 0 bridgehead atoms. The molecule has 1 aliphatic heterocycles. The first kappa shape index (κ1) is 19.2. The highest BCUT2D eigenvalue weighted by atomic mass is 35.5. The Morgan fingerprint density at radius 3 is 2.82 bits per heavy atom. The topological polar surface area (TPSA) is 77.6 Å². The fourth-order valence-corrected chi connectivity index (χ4v) is 3.68. The van der Waals surface area contributed by atoms with Gasteiger partial charge in [-0.15, -0.1) is 0 Å². The van der Waals surface area contributed by atoms with Crippen molar-refractivity contribution in [2.45, 2.75) is 38.8 Å². The average molecular weight is 440 g/mol. The molecule has 0 saturated heterocycles. The van der Waals surface area contributed by atoms with Crippen molar-refractivity contribution < 1.29 is 0 Å². The average Bonchev–Trinajstić information content (AvgIpc) is 3.10. The van der Waals surface area contributed by atoms with Crippen molar-refractivity contribution in [2.24, 2.45) is 0 Å². The molecule has 3 aromatic rings. The second-order valence-corrected chi connectivity index (χ2v) is 7.74. The Morgan fingerprint density at radius 2 is 2.07 bits per heavy atom. The highest BCUT2D eigenvalue weighted by molar-refractivity contribution is 6.41. The normalized spacial score (nSPS) is 16.1. The monoisotopic (exact) mass is 438 g/mol. The van der Waals surface area contributed by atoms with Gasteiger partial charge >= 0.3 is 0 Å². The number of fused-ring (bicyclic) bond motifs is 1. The van der Waals surface area contributed by atoms with E-state index in [4.69, 9.17) is 34.8 Å². The molecular weight excluding hydrogens is 423 g/mol. The van der Waals surface area contributed by atoms with Crippen LogP contribution in [0.4, 0.5) is 5.69 Å². The van der Waals surface area contributed by atoms with Gasteiger partial charge in [-0.05, 0) is 24.6 Å². The molecule has 0 spiro atoms. The molecule has 1 aliphatic rings. The lowest BCUT2D eigenvalue weighted by atomic mass is 10.1. The van der Waals surface area contributed by atoms with Gasteiger partial charge in [-0.1, -0.05) is 41.7 Å². The number of hydrogen-bond donors (Lipinski definition) is 1. The van der Waals surface area contributed by atoms with E-state index in [1.807, 2.05) is 17.7 Å². The van der Waals surface area contributed by atoms with Crippen LogP contribution >= 0.6 is 34.8 Å². The Bertz CT molecular complexity index is 1090. The van der Waals surface area contributed by atoms with E-state index in [0.717, 1.165) is 43.1 Å². The lowest BCUT2D eigenvalue weighted by Gasteiger charge is -2.25. The molecule has 1 N–H and O–H groups in total. The number of rotatable bonds is 4. The standard InChI is InChI=1S/C18H17Cl3N6O/c1-2-15-24-16-6-3-10(9-26(16)25-15)23-14-5-4-11(7-12(14)19)27-18(28)17(21)13(20)8-22-27/h4-5,7-8,10,23H,2-3,6,9H2,1H3. The molecule has 7 nitrogen and oxygen atoms in total. The quantitative estimate of drug-likeness (QED) is 0.669. The van der Waals surface area contributed by atoms with Crippen molar-refractivity contribution in [3.63, 3.8) is 0 Å². The highest BCUT2D eigenvalue weighted by Crippen LogP contribution is 2.27. The lowest BCUT2D eigenvalue weighted by Crippen LogP contribution is -2.32. The molecule has 1 atom stereocenters. The minimum absolute atomic E-state index is 0.0766. The van der Waals surface area contributed by atoms with Crippen LogP contribution in [0.3, 0.4) is 0 Å². The van der Waals surface area contributed by atoms with Gasteiger partial charge in [0.2, 0.25) is 0 Å². The maximum Gasteiger partial charge on any atom is 0.291 e. The predicted molar refractivity (Wildman–Crippen MR) is 110 cm³/mol. The molecule has 1 aromatic carbocycles. The van der Waals surface area contributed by atoms with Crippen LogP contribution in [0.5, 0.6) is 0 Å². The van der Waals surface area contributed by atoms with Crippen molar-refractivity contribution in [2.75, 3.05) is 5.32 Å². The summed E-state index contributed by atoms with van der Waals surface area (Å²) < 4.78 is 3.12. The molecular formula is C18H17Cl3N6O. The first-order chi connectivity index (χ1) is 13.5. The third-order valence-electron chi connectivity index (χ3n) is 4.65. The number of benzene rings is 1. The van der Waals surface area contributed by atoms with E-state index in [2.05, 4.69) is 20.5 Å². The largest absolute Gasteiger partial charge is 0.379 e. The van der Waals surface area contributed by atoms with Gasteiger partial charge in [0.15, 0.2) is 5.82 Å². The molecule has 0 radical (unpaired) electrons. The Labute approximate surface area is 176 Å². The van der Waals surface area contributed by atoms with E-state index < -0.39 is 5.56 Å². The SMILES string of the molecule is CCc1nc2n(n1)CC(Nc1ccc(-n3ncc(Cl)c(Cl)c3=O)cc1Cl)CC2. The smallest absolute Gasteiger partial charge is 0.291 e. The first-order valence-corrected chi connectivity index (χ1v) is 10.0. The van der Waals surface area contributed by atoms with E-state index in [9.17, 15) is 4.79 Å². The molecule has 0 saturated carbocycles. The van der Waals surface area contributed by atoms with Crippen molar-refractivity contribution in [1.29, 1.82) is 0 Å². The summed E-state index contributed by atoms with van der Waals surface area (Å²) in [6, 6.07) is 5.43. The molecule has 3 heterocycles. The fraction of sp³-hybridized carbons (Fsp3) is 0.333. The Balaban J connectivity index is 1.54. The molecule has 28 heavy (non-hydrogen) atoms. The second-order valence-electron chi connectivity index (χ2n) is 6.55. The first-order valence-electron chi connectivity index (χ1n) is 8.88. The van der Waals surface area contributed by atoms with Crippen LogP contribution in [0.1, 0.15) is 25.0 Å². The minimum atomic E-state index is -0.497. The number of nitrogens with one attached hydrogen (secondary N) is 1. The third kappa shape index (κ3) is 3.62. The minimum Gasteiger partial charge on any atom is -0.379 e. The van der Waals surface area contributed by atoms with Crippen molar-refractivity contribution >= 4 is 40.5 Å². The molecule has 4 rings (SSSR count). The molecule has 0 amide bonds. The van der Waals surface area contributed by atoms with E-state index >= 15 is 0 Å². The summed E-state index contributed by atoms with van der Waals surface area (Å²) in [6.07, 6.45) is 3.96. The summed E-state index contributed by atoms with van der Waals surface area (Å²) >= 11 is 18.2. The van der Waals surface area contributed by atoms with Gasteiger partial charge in [0, 0.05) is 18.9 Å². The number of aromatic nitrogens is 5. The van der Waals surface area contributed by atoms with Crippen LogP contribution < -0.4 is 10.9 Å². The van der Waals surface area contributed by atoms with Gasteiger partial charge < -0.3 is 5.32 Å². The Morgan fingerprint density at radius 1 is 1.25 bits per heavy atom. The van der Waals surface area contributed by atoms with Crippen LogP contribution in [-0.4, -0.2) is 30.6 Å². The van der Waals surface area contributed by atoms with Gasteiger partial charge in [-0.2, -0.15) is 14.9 Å². The third-order valence-corrected chi connectivity index (χ3v) is 5.71. The van der Waals surface area contributed by atoms with E-state index in [0.29, 0.717) is 10.7 Å². The maximum atomic E-state index is 12.3. The maximum absolute atomic E-state index is 12.3. The summed E-state index contributed by atoms with van der Waals surface area (Å²) in [4.78, 5) is 16.8. The van der Waals surface area contributed by atoms with Crippen LogP contribution in [0.15, 0.2) is 29.2 Å². The van der Waals surface area contributed by atoms with E-state index in [1.165, 1.54) is 10.9 Å². The molecule has 10 heteroatoms. The van der Waals surface area contributed by atoms with Gasteiger partial charge in [-0.3, -0.25) is 4.79 Å². The predicted octanol–water partition coefficient (Wildman–Crippen LogP) is 3.77. The number of halogens is 3. The number of nitrogens with zero attached hydrogens (tertiary/aromatic N) is 5. The zero-order valence-corrected chi connectivity index (χ0v) is 17.3. The van der Waals surface area contributed by atoms with Crippen LogP contribution in [-0.2, 0) is 19.4 Å². The van der Waals surface area contributed by atoms with Gasteiger partial charge in [0.1, 0.15) is 10.8 Å². The van der Waals surface area contributed by atoms with Crippen molar-refractivity contribution in [3.8, 4) is 5.69 Å². The molecule has 146 valence electrons. The van der Waals surface area contributed by atoms with Crippen LogP contribution in [0.2, 0.25) is 15.1 Å². The lowest BCUT2D eigenvalue weighted by molar-refractivity contribution is 0.440. The zero-order chi connectivity index (χ0) is 19.8. The molecule has 1 unspecified atom stereocenters. The van der Waals surface area contributed by atoms with E-state index in [1.54, 1.807) is 12.1 Å². The summed E-state index contributed by atoms with van der Waals surface area (Å²) in [6.45, 7) is 2.78. The van der Waals surface area contributed by atoms with Gasteiger partial charge in [0.25, 0.3) is 5.56 Å². The zero-order valence-electron chi connectivity index (χ0n) is 15.0. The summed E-state index contributed by atoms with van der Waals surface area (Å²) in [5, 5.41) is 12.5. The molecule has 0 fully saturated rings. The fourth-order valence-electron chi connectivity index (χ4n) is 3.20. The number of aryl methyl sites for hydroxylation is 2. The van der Waals surface area contributed by atoms with Gasteiger partial charge in [0.05, 0.1) is 34.2 Å². The molecule has 0 aliphatic carbocycles. The van der Waals surface area contributed by atoms with E-state index in [-0.39, 0.29) is 16.1 Å². The van der Waals surface area contributed by atoms with Crippen LogP contribution in [0, 0.1) is 0 Å². The Hall–Kier alpha value is -2.09.